The lowest BCUT2D eigenvalue weighted by molar-refractivity contribution is 0.102. The quantitative estimate of drug-likeness (QED) is 0.718. The van der Waals surface area contributed by atoms with Gasteiger partial charge in [-0.25, -0.2) is 14.4 Å². The maximum absolute atomic E-state index is 13.3. The SMILES string of the molecule is Cc1cc(C(=O)Nc2ccccc2Cl)nc(Nc2cccc(F)c2)n1. The molecule has 2 N–H and O–H groups in total. The summed E-state index contributed by atoms with van der Waals surface area (Å²) in [5.74, 6) is -0.592. The minimum absolute atomic E-state index is 0.173. The van der Waals surface area contributed by atoms with Gasteiger partial charge in [-0.1, -0.05) is 29.8 Å². The van der Waals surface area contributed by atoms with Crippen LogP contribution in [0.25, 0.3) is 0 Å². The van der Waals surface area contributed by atoms with Gasteiger partial charge in [0.2, 0.25) is 5.95 Å². The molecule has 0 aliphatic rings. The Morgan fingerprint density at radius 3 is 2.64 bits per heavy atom. The number of para-hydroxylation sites is 1. The number of carbonyl (C=O) groups is 1. The lowest BCUT2D eigenvalue weighted by Crippen LogP contribution is -2.15. The third-order valence-electron chi connectivity index (χ3n) is 3.29. The standard InChI is InChI=1S/C18H14ClFN4O/c1-11-9-16(17(25)23-15-8-3-2-7-14(15)19)24-18(21-11)22-13-6-4-5-12(20)10-13/h2-10H,1H3,(H,23,25)(H,21,22,24). The number of benzene rings is 2. The van der Waals surface area contributed by atoms with Gasteiger partial charge in [0.1, 0.15) is 11.5 Å². The molecule has 3 rings (SSSR count). The highest BCUT2D eigenvalue weighted by molar-refractivity contribution is 6.33. The molecule has 0 unspecified atom stereocenters. The summed E-state index contributed by atoms with van der Waals surface area (Å²) in [6.45, 7) is 1.74. The van der Waals surface area contributed by atoms with E-state index in [4.69, 9.17) is 11.6 Å². The van der Waals surface area contributed by atoms with Gasteiger partial charge in [0.05, 0.1) is 10.7 Å². The lowest BCUT2D eigenvalue weighted by atomic mass is 10.3. The molecule has 1 heterocycles. The Kier molecular flexibility index (Phi) is 4.90. The van der Waals surface area contributed by atoms with Crippen LogP contribution in [0.5, 0.6) is 0 Å². The Bertz CT molecular complexity index is 932. The maximum Gasteiger partial charge on any atom is 0.274 e. The molecule has 1 aromatic heterocycles. The van der Waals surface area contributed by atoms with E-state index in [0.29, 0.717) is 22.1 Å². The highest BCUT2D eigenvalue weighted by atomic mass is 35.5. The second kappa shape index (κ2) is 7.27. The van der Waals surface area contributed by atoms with Crippen molar-refractivity contribution in [1.82, 2.24) is 9.97 Å². The van der Waals surface area contributed by atoms with E-state index in [0.717, 1.165) is 0 Å². The molecule has 0 aliphatic carbocycles. The van der Waals surface area contributed by atoms with Crippen LogP contribution >= 0.6 is 11.6 Å². The summed E-state index contributed by atoms with van der Waals surface area (Å²) in [5.41, 5.74) is 1.75. The monoisotopic (exact) mass is 356 g/mol. The van der Waals surface area contributed by atoms with E-state index >= 15 is 0 Å². The zero-order chi connectivity index (χ0) is 17.8. The van der Waals surface area contributed by atoms with Crippen molar-refractivity contribution in [2.75, 3.05) is 10.6 Å². The summed E-state index contributed by atoms with van der Waals surface area (Å²) in [7, 11) is 0. The normalized spacial score (nSPS) is 10.4. The molecule has 0 atom stereocenters. The van der Waals surface area contributed by atoms with Crippen molar-refractivity contribution >= 4 is 34.8 Å². The molecule has 126 valence electrons. The molecule has 1 amide bonds. The molecule has 25 heavy (non-hydrogen) atoms. The predicted molar refractivity (Wildman–Crippen MR) is 95.9 cm³/mol. The van der Waals surface area contributed by atoms with Gasteiger partial charge in [-0.05, 0) is 43.3 Å². The molecule has 0 fully saturated rings. The van der Waals surface area contributed by atoms with Gasteiger partial charge < -0.3 is 10.6 Å². The summed E-state index contributed by atoms with van der Waals surface area (Å²) < 4.78 is 13.3. The van der Waals surface area contributed by atoms with Crippen molar-refractivity contribution in [3.8, 4) is 0 Å². The second-order valence-electron chi connectivity index (χ2n) is 5.29. The van der Waals surface area contributed by atoms with Crippen LogP contribution in [0.4, 0.5) is 21.7 Å². The molecular formula is C18H14ClFN4O. The minimum atomic E-state index is -0.416. The number of anilines is 3. The van der Waals surface area contributed by atoms with Crippen LogP contribution in [-0.2, 0) is 0 Å². The first kappa shape index (κ1) is 16.9. The number of halogens is 2. The molecule has 0 saturated heterocycles. The summed E-state index contributed by atoms with van der Waals surface area (Å²) >= 11 is 6.05. The van der Waals surface area contributed by atoms with Gasteiger partial charge in [0.25, 0.3) is 5.91 Å². The molecule has 0 aliphatic heterocycles. The number of rotatable bonds is 4. The fourth-order valence-electron chi connectivity index (χ4n) is 2.19. The van der Waals surface area contributed by atoms with Crippen LogP contribution < -0.4 is 10.6 Å². The number of hydrogen-bond donors (Lipinski definition) is 2. The van der Waals surface area contributed by atoms with Gasteiger partial charge in [0, 0.05) is 11.4 Å². The average Bonchev–Trinajstić information content (AvgIpc) is 2.56. The van der Waals surface area contributed by atoms with E-state index in [1.807, 2.05) is 0 Å². The van der Waals surface area contributed by atoms with E-state index < -0.39 is 5.91 Å². The molecule has 0 bridgehead atoms. The van der Waals surface area contributed by atoms with Gasteiger partial charge >= 0.3 is 0 Å². The summed E-state index contributed by atoms with van der Waals surface area (Å²) in [5, 5.41) is 6.02. The highest BCUT2D eigenvalue weighted by Crippen LogP contribution is 2.21. The smallest absolute Gasteiger partial charge is 0.274 e. The summed E-state index contributed by atoms with van der Waals surface area (Å²) in [4.78, 5) is 20.8. The molecule has 7 heteroatoms. The molecule has 3 aromatic rings. The average molecular weight is 357 g/mol. The van der Waals surface area contributed by atoms with Crippen LogP contribution in [0.2, 0.25) is 5.02 Å². The third-order valence-corrected chi connectivity index (χ3v) is 3.62. The first-order valence-corrected chi connectivity index (χ1v) is 7.83. The van der Waals surface area contributed by atoms with Crippen LogP contribution in [0.1, 0.15) is 16.2 Å². The van der Waals surface area contributed by atoms with Crippen molar-refractivity contribution in [1.29, 1.82) is 0 Å². The number of nitrogens with one attached hydrogen (secondary N) is 2. The number of hydrogen-bond acceptors (Lipinski definition) is 4. The topological polar surface area (TPSA) is 66.9 Å². The van der Waals surface area contributed by atoms with E-state index in [-0.39, 0.29) is 17.5 Å². The zero-order valence-electron chi connectivity index (χ0n) is 13.3. The van der Waals surface area contributed by atoms with Gasteiger partial charge in [-0.15, -0.1) is 0 Å². The Morgan fingerprint density at radius 1 is 1.08 bits per heavy atom. The third kappa shape index (κ3) is 4.30. The molecule has 5 nitrogen and oxygen atoms in total. The van der Waals surface area contributed by atoms with Crippen molar-refractivity contribution in [2.24, 2.45) is 0 Å². The molecular weight excluding hydrogens is 343 g/mol. The number of nitrogens with zero attached hydrogens (tertiary/aromatic N) is 2. The van der Waals surface area contributed by atoms with E-state index in [1.165, 1.54) is 12.1 Å². The molecule has 0 saturated carbocycles. The Morgan fingerprint density at radius 2 is 1.88 bits per heavy atom. The number of carbonyl (C=O) groups excluding carboxylic acids is 1. The predicted octanol–water partition coefficient (Wildman–Crippen LogP) is 4.57. The van der Waals surface area contributed by atoms with E-state index in [1.54, 1.807) is 49.4 Å². The van der Waals surface area contributed by atoms with Crippen molar-refractivity contribution in [2.45, 2.75) is 6.92 Å². The first-order valence-electron chi connectivity index (χ1n) is 7.45. The second-order valence-corrected chi connectivity index (χ2v) is 5.69. The van der Waals surface area contributed by atoms with Crippen LogP contribution in [0, 0.1) is 12.7 Å². The lowest BCUT2D eigenvalue weighted by Gasteiger charge is -2.09. The molecule has 0 spiro atoms. The minimum Gasteiger partial charge on any atom is -0.324 e. The Labute approximate surface area is 148 Å². The first-order chi connectivity index (χ1) is 12.0. The Balaban J connectivity index is 1.83. The van der Waals surface area contributed by atoms with Gasteiger partial charge in [0.15, 0.2) is 0 Å². The fraction of sp³-hybridized carbons (Fsp3) is 0.0556. The van der Waals surface area contributed by atoms with Crippen LogP contribution in [0.15, 0.2) is 54.6 Å². The van der Waals surface area contributed by atoms with E-state index in [9.17, 15) is 9.18 Å². The van der Waals surface area contributed by atoms with Gasteiger partial charge in [-0.2, -0.15) is 0 Å². The molecule has 2 aromatic carbocycles. The zero-order valence-corrected chi connectivity index (χ0v) is 14.0. The largest absolute Gasteiger partial charge is 0.324 e. The Hall–Kier alpha value is -2.99. The van der Waals surface area contributed by atoms with Crippen LogP contribution in [0.3, 0.4) is 0 Å². The highest BCUT2D eigenvalue weighted by Gasteiger charge is 2.12. The number of aryl methyl sites for hydroxylation is 1. The van der Waals surface area contributed by atoms with Crippen molar-refractivity contribution in [3.05, 3.63) is 76.8 Å². The number of amides is 1. The number of aromatic nitrogens is 2. The van der Waals surface area contributed by atoms with E-state index in [2.05, 4.69) is 20.6 Å². The van der Waals surface area contributed by atoms with Crippen LogP contribution in [-0.4, -0.2) is 15.9 Å². The maximum atomic E-state index is 13.3. The fourth-order valence-corrected chi connectivity index (χ4v) is 2.37. The van der Waals surface area contributed by atoms with Crippen molar-refractivity contribution in [3.63, 3.8) is 0 Å². The summed E-state index contributed by atoms with van der Waals surface area (Å²) in [6, 6.07) is 14.4. The van der Waals surface area contributed by atoms with Gasteiger partial charge in [-0.3, -0.25) is 4.79 Å². The van der Waals surface area contributed by atoms with Crippen molar-refractivity contribution < 1.29 is 9.18 Å². The molecule has 0 radical (unpaired) electrons. The summed E-state index contributed by atoms with van der Waals surface area (Å²) in [6.07, 6.45) is 0.